The number of rotatable bonds is 0. The monoisotopic (exact) mass is 155 g/mol. The molecule has 0 heterocycles. The lowest BCUT2D eigenvalue weighted by Gasteiger charge is -1.87. The zero-order valence-corrected chi connectivity index (χ0v) is 5.92. The fraction of sp³-hybridized carbons (Fsp3) is 0. The van der Waals surface area contributed by atoms with Gasteiger partial charge >= 0.3 is 0 Å². The van der Waals surface area contributed by atoms with E-state index in [1.807, 2.05) is 0 Å². The van der Waals surface area contributed by atoms with Gasteiger partial charge in [0, 0.05) is 5.69 Å². The van der Waals surface area contributed by atoms with Gasteiger partial charge in [-0.3, -0.25) is 5.41 Å². The highest BCUT2D eigenvalue weighted by molar-refractivity contribution is 5.46. The van der Waals surface area contributed by atoms with E-state index in [0.717, 1.165) is 6.34 Å². The smallest absolute Gasteiger partial charge is 0.123 e. The molecule has 60 valence electrons. The zero-order valence-electron chi connectivity index (χ0n) is 5.92. The van der Waals surface area contributed by atoms with E-state index < -0.39 is 0 Å². The molecule has 5 N–H and O–H groups in total. The molecule has 11 heavy (non-hydrogen) atoms. The van der Waals surface area contributed by atoms with Gasteiger partial charge in [-0.05, 0) is 24.3 Å². The van der Waals surface area contributed by atoms with Gasteiger partial charge in [-0.15, -0.1) is 0 Å². The van der Waals surface area contributed by atoms with Crippen LogP contribution in [0.15, 0.2) is 24.3 Å². The molecule has 1 aromatic rings. The summed E-state index contributed by atoms with van der Waals surface area (Å²) in [5.74, 6) is -0.251. The number of nitrogens with two attached hydrogens (primary N) is 2. The van der Waals surface area contributed by atoms with E-state index >= 15 is 0 Å². The lowest BCUT2D eigenvalue weighted by Crippen LogP contribution is -1.82. The van der Waals surface area contributed by atoms with Crippen LogP contribution < -0.4 is 11.5 Å². The van der Waals surface area contributed by atoms with Crippen molar-refractivity contribution in [2.24, 2.45) is 5.73 Å². The highest BCUT2D eigenvalue weighted by Crippen LogP contribution is 2.01. The average molecular weight is 155 g/mol. The molecule has 0 fully saturated rings. The summed E-state index contributed by atoms with van der Waals surface area (Å²) in [4.78, 5) is 0. The Balaban J connectivity index is 0.000000292. The highest BCUT2D eigenvalue weighted by atomic mass is 19.1. The van der Waals surface area contributed by atoms with Crippen LogP contribution in [-0.2, 0) is 0 Å². The van der Waals surface area contributed by atoms with Crippen molar-refractivity contribution in [2.75, 3.05) is 5.73 Å². The van der Waals surface area contributed by atoms with E-state index in [1.165, 1.54) is 24.3 Å². The maximum absolute atomic E-state index is 12.0. The van der Waals surface area contributed by atoms with E-state index in [9.17, 15) is 4.39 Å². The number of nitrogen functional groups attached to an aromatic ring is 1. The van der Waals surface area contributed by atoms with Gasteiger partial charge < -0.3 is 11.5 Å². The van der Waals surface area contributed by atoms with Gasteiger partial charge in [0.1, 0.15) is 5.82 Å². The fourth-order valence-electron chi connectivity index (χ4n) is 0.463. The molecule has 4 heteroatoms. The van der Waals surface area contributed by atoms with E-state index in [-0.39, 0.29) is 5.82 Å². The Hall–Kier alpha value is -1.58. The molecule has 0 saturated carbocycles. The lowest BCUT2D eigenvalue weighted by molar-refractivity contribution is 0.628. The number of nitrogens with one attached hydrogen (secondary N) is 1. The molecule has 0 atom stereocenters. The first kappa shape index (κ1) is 9.42. The first-order chi connectivity index (χ1) is 5.20. The summed E-state index contributed by atoms with van der Waals surface area (Å²) in [5.41, 5.74) is 10.2. The number of hydrogen-bond donors (Lipinski definition) is 3. The lowest BCUT2D eigenvalue weighted by atomic mass is 10.3. The van der Waals surface area contributed by atoms with E-state index in [0.29, 0.717) is 5.69 Å². The van der Waals surface area contributed by atoms with E-state index in [2.05, 4.69) is 5.73 Å². The number of hydrogen-bond acceptors (Lipinski definition) is 2. The highest BCUT2D eigenvalue weighted by Gasteiger charge is 1.83. The van der Waals surface area contributed by atoms with Crippen LogP contribution in [0.2, 0.25) is 0 Å². The zero-order chi connectivity index (χ0) is 8.69. The van der Waals surface area contributed by atoms with Gasteiger partial charge in [-0.2, -0.15) is 0 Å². The second-order valence-electron chi connectivity index (χ2n) is 1.72. The van der Waals surface area contributed by atoms with Crippen molar-refractivity contribution in [1.29, 1.82) is 5.41 Å². The van der Waals surface area contributed by atoms with E-state index in [1.54, 1.807) is 0 Å². The van der Waals surface area contributed by atoms with Crippen LogP contribution in [0.4, 0.5) is 10.1 Å². The molecule has 0 aliphatic heterocycles. The van der Waals surface area contributed by atoms with Crippen LogP contribution in [0.3, 0.4) is 0 Å². The molecule has 0 saturated heterocycles. The Morgan fingerprint density at radius 1 is 1.27 bits per heavy atom. The Kier molecular flexibility index (Phi) is 4.47. The molecule has 1 rings (SSSR count). The number of halogens is 1. The molecule has 0 radical (unpaired) electrons. The summed E-state index contributed by atoms with van der Waals surface area (Å²) in [5, 5.41) is 5.86. The summed E-state index contributed by atoms with van der Waals surface area (Å²) in [6.07, 6.45) is 0.750. The van der Waals surface area contributed by atoms with Crippen LogP contribution in [-0.4, -0.2) is 6.34 Å². The Morgan fingerprint density at radius 2 is 1.64 bits per heavy atom. The molecule has 0 aliphatic rings. The summed E-state index contributed by atoms with van der Waals surface area (Å²) in [7, 11) is 0. The van der Waals surface area contributed by atoms with Crippen molar-refractivity contribution < 1.29 is 4.39 Å². The minimum Gasteiger partial charge on any atom is -0.399 e. The van der Waals surface area contributed by atoms with Gasteiger partial charge in [-0.25, -0.2) is 4.39 Å². The quantitative estimate of drug-likeness (QED) is 0.296. The third-order valence-corrected chi connectivity index (χ3v) is 0.870. The standard InChI is InChI=1S/C6H6FN.CH4N2/c7-5-1-3-6(8)4-2-5;2-1-3/h1-4H,8H2;1H,(H3,2,3). The molecule has 0 spiro atoms. The van der Waals surface area contributed by atoms with E-state index in [4.69, 9.17) is 11.1 Å². The van der Waals surface area contributed by atoms with Crippen molar-refractivity contribution in [2.45, 2.75) is 0 Å². The van der Waals surface area contributed by atoms with Gasteiger partial charge in [0.25, 0.3) is 0 Å². The molecule has 0 unspecified atom stereocenters. The van der Waals surface area contributed by atoms with Crippen molar-refractivity contribution in [3.63, 3.8) is 0 Å². The summed E-state index contributed by atoms with van der Waals surface area (Å²) < 4.78 is 12.0. The van der Waals surface area contributed by atoms with Crippen LogP contribution in [0.5, 0.6) is 0 Å². The molecule has 0 aliphatic carbocycles. The number of benzene rings is 1. The maximum Gasteiger partial charge on any atom is 0.123 e. The minimum atomic E-state index is -0.251. The topological polar surface area (TPSA) is 75.9 Å². The first-order valence-electron chi connectivity index (χ1n) is 2.92. The third kappa shape index (κ3) is 4.90. The summed E-state index contributed by atoms with van der Waals surface area (Å²) >= 11 is 0. The predicted molar refractivity (Wildman–Crippen MR) is 43.8 cm³/mol. The van der Waals surface area contributed by atoms with Gasteiger partial charge in [0.05, 0.1) is 6.34 Å². The molecule has 0 bridgehead atoms. The first-order valence-corrected chi connectivity index (χ1v) is 2.92. The molecule has 0 amide bonds. The molecule has 3 nitrogen and oxygen atoms in total. The Labute approximate surface area is 64.3 Å². The van der Waals surface area contributed by atoms with Crippen LogP contribution in [0.25, 0.3) is 0 Å². The van der Waals surface area contributed by atoms with Gasteiger partial charge in [0.2, 0.25) is 0 Å². The number of anilines is 1. The third-order valence-electron chi connectivity index (χ3n) is 0.870. The molecular formula is C7H10FN3. The fourth-order valence-corrected chi connectivity index (χ4v) is 0.463. The molecule has 0 aromatic heterocycles. The van der Waals surface area contributed by atoms with Gasteiger partial charge in [-0.1, -0.05) is 0 Å². The Bertz CT molecular complexity index is 186. The van der Waals surface area contributed by atoms with Crippen molar-refractivity contribution in [3.8, 4) is 0 Å². The van der Waals surface area contributed by atoms with Crippen molar-refractivity contribution >= 4 is 12.0 Å². The summed E-state index contributed by atoms with van der Waals surface area (Å²) in [6, 6.07) is 5.70. The van der Waals surface area contributed by atoms with Crippen LogP contribution >= 0.6 is 0 Å². The van der Waals surface area contributed by atoms with Crippen LogP contribution in [0.1, 0.15) is 0 Å². The largest absolute Gasteiger partial charge is 0.399 e. The van der Waals surface area contributed by atoms with Gasteiger partial charge in [0.15, 0.2) is 0 Å². The Morgan fingerprint density at radius 3 is 1.91 bits per heavy atom. The summed E-state index contributed by atoms with van der Waals surface area (Å²) in [6.45, 7) is 0. The SMILES string of the molecule is N=CN.Nc1ccc(F)cc1. The minimum absolute atomic E-state index is 0.251. The predicted octanol–water partition coefficient (Wildman–Crippen LogP) is 0.960. The van der Waals surface area contributed by atoms with Crippen LogP contribution in [0, 0.1) is 11.2 Å². The van der Waals surface area contributed by atoms with Crippen molar-refractivity contribution in [1.82, 2.24) is 0 Å². The normalized spacial score (nSPS) is 7.73. The molecule has 1 aromatic carbocycles. The average Bonchev–Trinajstić information content (AvgIpc) is 1.97. The second kappa shape index (κ2) is 5.22. The maximum atomic E-state index is 12.0. The molecular weight excluding hydrogens is 145 g/mol. The van der Waals surface area contributed by atoms with Crippen molar-refractivity contribution in [3.05, 3.63) is 30.1 Å². The second-order valence-corrected chi connectivity index (χ2v) is 1.72.